The quantitative estimate of drug-likeness (QED) is 0.160. The minimum atomic E-state index is -4.67. The minimum Gasteiger partial charge on any atom is -0.392 e. The average Bonchev–Trinajstić information content (AvgIpc) is 3.35. The van der Waals surface area contributed by atoms with Crippen molar-refractivity contribution in [3.05, 3.63) is 101 Å². The topological polar surface area (TPSA) is 193 Å². The molecule has 0 unspecified atom stereocenters. The van der Waals surface area contributed by atoms with E-state index in [0.717, 1.165) is 28.8 Å². The lowest BCUT2D eigenvalue weighted by Crippen LogP contribution is -2.61. The summed E-state index contributed by atoms with van der Waals surface area (Å²) in [6.45, 7) is 8.74. The molecule has 5 rings (SSSR count). The van der Waals surface area contributed by atoms with E-state index in [2.05, 4.69) is 25.4 Å². The van der Waals surface area contributed by atoms with Crippen LogP contribution < -0.4 is 10.6 Å². The zero-order chi connectivity index (χ0) is 36.5. The van der Waals surface area contributed by atoms with Crippen LogP contribution in [0.3, 0.4) is 0 Å². The number of hydrogen-bond acceptors (Lipinski definition) is 9. The number of rotatable bonds is 11. The zero-order valence-corrected chi connectivity index (χ0v) is 29.5. The van der Waals surface area contributed by atoms with Crippen LogP contribution in [0.4, 0.5) is 0 Å². The number of hydrogen-bond donors (Lipinski definition) is 6. The van der Waals surface area contributed by atoms with Crippen molar-refractivity contribution < 1.29 is 37.3 Å². The molecule has 13 nitrogen and oxygen atoms in total. The van der Waals surface area contributed by atoms with Gasteiger partial charge in [-0.3, -0.25) is 33.5 Å². The van der Waals surface area contributed by atoms with E-state index in [1.54, 1.807) is 6.20 Å². The third-order valence-corrected chi connectivity index (χ3v) is 8.70. The highest BCUT2D eigenvalue weighted by atomic mass is 32.3. The number of fused-ring (bicyclic) bond motifs is 1. The molecule has 1 aliphatic carbocycles. The fourth-order valence-electron chi connectivity index (χ4n) is 6.56. The molecule has 1 aliphatic heterocycles. The highest BCUT2D eigenvalue weighted by Crippen LogP contribution is 2.32. The lowest BCUT2D eigenvalue weighted by atomic mass is 9.91. The number of amides is 2. The molecule has 0 radical (unpaired) electrons. The molecule has 2 heterocycles. The fraction of sp³-hybridized carbons (Fsp3) is 0.472. The Hall–Kier alpha value is -3.76. The van der Waals surface area contributed by atoms with Crippen molar-refractivity contribution in [3.8, 4) is 0 Å². The number of carbonyl (C=O) groups is 2. The van der Waals surface area contributed by atoms with Gasteiger partial charge in [0.25, 0.3) is 0 Å². The largest absolute Gasteiger partial charge is 0.394 e. The Morgan fingerprint density at radius 3 is 2.30 bits per heavy atom. The maximum absolute atomic E-state index is 13.8. The second-order valence-electron chi connectivity index (χ2n) is 14.0. The van der Waals surface area contributed by atoms with Gasteiger partial charge in [0.05, 0.1) is 18.2 Å². The zero-order valence-electron chi connectivity index (χ0n) is 28.7. The molecule has 2 aromatic carbocycles. The number of nitrogens with one attached hydrogen (secondary N) is 2. The normalized spacial score (nSPS) is 20.9. The number of aliphatic hydroxyl groups excluding tert-OH is 2. The van der Waals surface area contributed by atoms with E-state index in [9.17, 15) is 19.8 Å². The van der Waals surface area contributed by atoms with E-state index in [4.69, 9.17) is 17.5 Å². The van der Waals surface area contributed by atoms with Gasteiger partial charge in [-0.25, -0.2) is 0 Å². The fourth-order valence-corrected chi connectivity index (χ4v) is 6.56. The van der Waals surface area contributed by atoms with Gasteiger partial charge < -0.3 is 20.8 Å². The molecule has 1 saturated heterocycles. The number of aliphatic hydroxyl groups is 2. The third-order valence-electron chi connectivity index (χ3n) is 8.70. The van der Waals surface area contributed by atoms with Crippen LogP contribution >= 0.6 is 0 Å². The molecule has 2 amide bonds. The minimum absolute atomic E-state index is 0.0712. The summed E-state index contributed by atoms with van der Waals surface area (Å²) in [5, 5.41) is 28.5. The van der Waals surface area contributed by atoms with Gasteiger partial charge in [0.15, 0.2) is 0 Å². The summed E-state index contributed by atoms with van der Waals surface area (Å²) in [7, 11) is -4.67. The van der Waals surface area contributed by atoms with E-state index in [1.807, 2.05) is 93.7 Å². The van der Waals surface area contributed by atoms with Crippen molar-refractivity contribution in [2.75, 3.05) is 26.2 Å². The Morgan fingerprint density at radius 2 is 1.64 bits per heavy atom. The van der Waals surface area contributed by atoms with Crippen LogP contribution in [0.25, 0.3) is 0 Å². The number of benzene rings is 2. The Kier molecular flexibility index (Phi) is 13.6. The smallest absolute Gasteiger partial charge is 0.392 e. The molecular formula is C36H49N5O8S. The van der Waals surface area contributed by atoms with Gasteiger partial charge in [0, 0.05) is 63.0 Å². The molecule has 272 valence electrons. The van der Waals surface area contributed by atoms with Crippen LogP contribution in [-0.4, -0.2) is 104 Å². The van der Waals surface area contributed by atoms with Crippen LogP contribution in [0.2, 0.25) is 0 Å². The summed E-state index contributed by atoms with van der Waals surface area (Å²) >= 11 is 0. The first-order valence-corrected chi connectivity index (χ1v) is 18.1. The lowest BCUT2D eigenvalue weighted by molar-refractivity contribution is -0.132. The van der Waals surface area contributed by atoms with Crippen LogP contribution in [0.1, 0.15) is 55.5 Å². The lowest BCUT2D eigenvalue weighted by Gasteiger charge is -2.42. The van der Waals surface area contributed by atoms with Gasteiger partial charge in [0.2, 0.25) is 11.8 Å². The van der Waals surface area contributed by atoms with E-state index < -0.39 is 46.1 Å². The summed E-state index contributed by atoms with van der Waals surface area (Å²) in [4.78, 5) is 35.9. The first-order valence-electron chi connectivity index (χ1n) is 16.7. The molecule has 0 saturated carbocycles. The summed E-state index contributed by atoms with van der Waals surface area (Å²) in [5.74, 6) is -0.781. The summed E-state index contributed by atoms with van der Waals surface area (Å²) in [6.07, 6.45) is 3.26. The van der Waals surface area contributed by atoms with E-state index in [-0.39, 0.29) is 24.8 Å². The molecule has 0 spiro atoms. The van der Waals surface area contributed by atoms with Crippen LogP contribution in [-0.2, 0) is 39.4 Å². The third kappa shape index (κ3) is 12.5. The van der Waals surface area contributed by atoms with Crippen LogP contribution in [0.5, 0.6) is 0 Å². The van der Waals surface area contributed by atoms with Crippen molar-refractivity contribution in [1.82, 2.24) is 25.4 Å². The molecule has 5 atom stereocenters. The summed E-state index contributed by atoms with van der Waals surface area (Å²) in [5.41, 5.74) is 3.68. The van der Waals surface area contributed by atoms with Gasteiger partial charge in [0.1, 0.15) is 6.04 Å². The second-order valence-corrected chi connectivity index (χ2v) is 14.9. The van der Waals surface area contributed by atoms with E-state index in [0.29, 0.717) is 32.5 Å². The maximum Gasteiger partial charge on any atom is 0.394 e. The molecule has 50 heavy (non-hydrogen) atoms. The average molecular weight is 712 g/mol. The Balaban J connectivity index is 0.00000105. The maximum atomic E-state index is 13.8. The summed E-state index contributed by atoms with van der Waals surface area (Å²) < 4.78 is 31.6. The number of piperazine rings is 1. The predicted molar refractivity (Wildman–Crippen MR) is 188 cm³/mol. The number of β-amino-alcohol motifs (C(OH)–C–C–N with tert-alkyl or cyclic N) is 1. The molecule has 2 aliphatic rings. The highest BCUT2D eigenvalue weighted by Gasteiger charge is 2.37. The van der Waals surface area contributed by atoms with Crippen LogP contribution in [0, 0.1) is 5.92 Å². The molecule has 14 heteroatoms. The molecule has 0 bridgehead atoms. The number of carbonyl (C=O) groups excluding carboxylic acids is 2. The van der Waals surface area contributed by atoms with Crippen molar-refractivity contribution >= 4 is 22.2 Å². The SMILES string of the molecule is CC(C)(C)NC(=O)[C@@H]1CN(Cc2cccnc2)CCN1C[C@@H](O)C[C@@H](Cc1ccccc1)C(=O)N[C@@H]1c2ccccc2C[C@@H]1O.O=S(=O)(O)O. The van der Waals surface area contributed by atoms with Crippen molar-refractivity contribution in [1.29, 1.82) is 0 Å². The second kappa shape index (κ2) is 17.4. The number of nitrogens with zero attached hydrogens (tertiary/aromatic N) is 3. The van der Waals surface area contributed by atoms with E-state index in [1.165, 1.54) is 0 Å². The Labute approximate surface area is 294 Å². The van der Waals surface area contributed by atoms with Crippen LogP contribution in [0.15, 0.2) is 79.1 Å². The summed E-state index contributed by atoms with van der Waals surface area (Å²) in [6, 6.07) is 20.6. The van der Waals surface area contributed by atoms with Gasteiger partial charge in [-0.15, -0.1) is 0 Å². The van der Waals surface area contributed by atoms with Crippen molar-refractivity contribution in [2.45, 2.75) is 76.4 Å². The first-order chi connectivity index (χ1) is 23.6. The Bertz CT molecular complexity index is 1650. The van der Waals surface area contributed by atoms with E-state index >= 15 is 0 Å². The molecule has 1 fully saturated rings. The van der Waals surface area contributed by atoms with Gasteiger partial charge in [-0.2, -0.15) is 8.42 Å². The number of aromatic nitrogens is 1. The first kappa shape index (κ1) is 39.0. The monoisotopic (exact) mass is 711 g/mol. The predicted octanol–water partition coefficient (Wildman–Crippen LogP) is 2.21. The molecule has 1 aromatic heterocycles. The molecule has 6 N–H and O–H groups in total. The number of pyridine rings is 1. The Morgan fingerprint density at radius 1 is 0.980 bits per heavy atom. The molecule has 3 aromatic rings. The standard InChI is InChI=1S/C36H47N5O4.H2O4S/c1-36(2,3)39-35(45)31-24-40(22-26-12-9-15-37-21-26)16-17-41(31)23-29(42)19-28(18-25-10-5-4-6-11-25)34(44)38-33-30-14-8-7-13-27(30)20-32(33)43;1-5(2,3)4/h4-15,21,28-29,31-33,42-43H,16-20,22-24H2,1-3H3,(H,38,44)(H,39,45);(H2,1,2,3,4)/t28-,29+,31+,32+,33-;/m1./s1. The highest BCUT2D eigenvalue weighted by molar-refractivity contribution is 7.79. The van der Waals surface area contributed by atoms with Gasteiger partial charge >= 0.3 is 10.4 Å². The van der Waals surface area contributed by atoms with Crippen molar-refractivity contribution in [3.63, 3.8) is 0 Å². The van der Waals surface area contributed by atoms with Crippen molar-refractivity contribution in [2.24, 2.45) is 5.92 Å². The molecular weight excluding hydrogens is 662 g/mol. The van der Waals surface area contributed by atoms with Gasteiger partial charge in [-0.1, -0.05) is 60.7 Å². The van der Waals surface area contributed by atoms with Gasteiger partial charge in [-0.05, 0) is 61.9 Å².